The van der Waals surface area contributed by atoms with Gasteiger partial charge in [-0.2, -0.15) is 11.3 Å². The molecule has 2 nitrogen and oxygen atoms in total. The largest absolute Gasteiger partial charge is 0.499 e. The van der Waals surface area contributed by atoms with E-state index >= 15 is 0 Å². The summed E-state index contributed by atoms with van der Waals surface area (Å²) >= 11 is 1.37. The minimum absolute atomic E-state index is 0.613. The first-order valence-corrected chi connectivity index (χ1v) is 5.25. The lowest BCUT2D eigenvalue weighted by Crippen LogP contribution is -2.30. The highest BCUT2D eigenvalue weighted by Gasteiger charge is 2.19. The summed E-state index contributed by atoms with van der Waals surface area (Å²) in [5.74, 6) is 0. The van der Waals surface area contributed by atoms with Crippen LogP contribution in [0.1, 0.15) is 11.1 Å². The van der Waals surface area contributed by atoms with Crippen LogP contribution in [0.5, 0.6) is 0 Å². The molecule has 0 saturated heterocycles. The van der Waals surface area contributed by atoms with Crippen molar-refractivity contribution in [1.82, 2.24) is 0 Å². The summed E-state index contributed by atoms with van der Waals surface area (Å²) in [5, 5.41) is 20.2. The van der Waals surface area contributed by atoms with Gasteiger partial charge in [0.15, 0.2) is 0 Å². The Labute approximate surface area is 88.4 Å². The van der Waals surface area contributed by atoms with Crippen LogP contribution in [0.15, 0.2) is 30.7 Å². The van der Waals surface area contributed by atoms with Gasteiger partial charge >= 0.3 is 7.12 Å². The summed E-state index contributed by atoms with van der Waals surface area (Å²) < 4.78 is 0.613. The monoisotopic (exact) mass is 208 g/mol. The Bertz CT molecular complexity index is 331. The van der Waals surface area contributed by atoms with Gasteiger partial charge in [-0.25, -0.2) is 0 Å². The Morgan fingerprint density at radius 2 is 1.93 bits per heavy atom. The molecule has 0 aliphatic heterocycles. The average Bonchev–Trinajstić information content (AvgIpc) is 2.50. The van der Waals surface area contributed by atoms with Crippen LogP contribution < -0.4 is 4.78 Å². The molecule has 0 bridgehead atoms. The van der Waals surface area contributed by atoms with Crippen molar-refractivity contribution >= 4 is 23.2 Å². The first kappa shape index (κ1) is 11.2. The molecule has 0 aromatic carbocycles. The third-order valence-electron chi connectivity index (χ3n) is 1.96. The summed E-state index contributed by atoms with van der Waals surface area (Å²) in [6, 6.07) is 0. The minimum Gasteiger partial charge on any atom is -0.423 e. The molecule has 0 atom stereocenters. The molecule has 0 unspecified atom stereocenters. The van der Waals surface area contributed by atoms with Crippen LogP contribution in [0.3, 0.4) is 0 Å². The second-order valence-electron chi connectivity index (χ2n) is 2.96. The van der Waals surface area contributed by atoms with E-state index in [4.69, 9.17) is 10.0 Å². The molecule has 0 saturated carbocycles. The maximum atomic E-state index is 9.12. The molecule has 0 amide bonds. The van der Waals surface area contributed by atoms with Crippen molar-refractivity contribution in [2.45, 2.75) is 12.8 Å². The predicted molar refractivity (Wildman–Crippen MR) is 61.9 cm³/mol. The van der Waals surface area contributed by atoms with Gasteiger partial charge in [0.05, 0.1) is 0 Å². The zero-order valence-electron chi connectivity index (χ0n) is 7.94. The topological polar surface area (TPSA) is 40.5 Å². The van der Waals surface area contributed by atoms with Crippen LogP contribution in [-0.4, -0.2) is 17.2 Å². The van der Waals surface area contributed by atoms with Gasteiger partial charge in [0.1, 0.15) is 0 Å². The van der Waals surface area contributed by atoms with Crippen molar-refractivity contribution in [3.63, 3.8) is 0 Å². The SMILES string of the molecule is C=CCc1csc(B(O)O)c1CC=C. The van der Waals surface area contributed by atoms with Crippen molar-refractivity contribution in [2.24, 2.45) is 0 Å². The third kappa shape index (κ3) is 2.35. The Kier molecular flexibility index (Phi) is 4.13. The summed E-state index contributed by atoms with van der Waals surface area (Å²) in [6.45, 7) is 7.32. The highest BCUT2D eigenvalue weighted by molar-refractivity contribution is 7.20. The molecule has 0 aliphatic rings. The molecule has 74 valence electrons. The Morgan fingerprint density at radius 1 is 1.29 bits per heavy atom. The first-order chi connectivity index (χ1) is 6.70. The van der Waals surface area contributed by atoms with E-state index in [1.54, 1.807) is 6.08 Å². The number of rotatable bonds is 5. The molecule has 1 aromatic heterocycles. The third-order valence-corrected chi connectivity index (χ3v) is 3.07. The minimum atomic E-state index is -1.38. The summed E-state index contributed by atoms with van der Waals surface area (Å²) in [6.07, 6.45) is 4.99. The van der Waals surface area contributed by atoms with Crippen molar-refractivity contribution in [2.75, 3.05) is 0 Å². The molecular weight excluding hydrogens is 195 g/mol. The molecular formula is C10H13BO2S. The van der Waals surface area contributed by atoms with E-state index in [0.717, 1.165) is 17.5 Å². The average molecular weight is 208 g/mol. The fourth-order valence-electron chi connectivity index (χ4n) is 1.35. The Hall–Kier alpha value is -0.835. The van der Waals surface area contributed by atoms with Gasteiger partial charge in [0, 0.05) is 4.78 Å². The van der Waals surface area contributed by atoms with Crippen LogP contribution in [0.2, 0.25) is 0 Å². The standard InChI is InChI=1S/C10H13BO2S/c1-3-5-8-7-14-10(11(12)13)9(8)6-4-2/h3-4,7,12-13H,1-2,5-6H2. The predicted octanol–water partition coefficient (Wildman–Crippen LogP) is 0.885. The van der Waals surface area contributed by atoms with Crippen LogP contribution in [0.25, 0.3) is 0 Å². The molecule has 0 aliphatic carbocycles. The van der Waals surface area contributed by atoms with E-state index in [1.807, 2.05) is 11.5 Å². The lowest BCUT2D eigenvalue weighted by molar-refractivity contribution is 0.426. The smallest absolute Gasteiger partial charge is 0.423 e. The lowest BCUT2D eigenvalue weighted by atomic mass is 9.83. The van der Waals surface area contributed by atoms with Gasteiger partial charge in [0.25, 0.3) is 0 Å². The van der Waals surface area contributed by atoms with Crippen LogP contribution in [0.4, 0.5) is 0 Å². The molecule has 0 spiro atoms. The number of hydrogen-bond donors (Lipinski definition) is 2. The van der Waals surface area contributed by atoms with Gasteiger partial charge < -0.3 is 10.0 Å². The second kappa shape index (κ2) is 5.15. The highest BCUT2D eigenvalue weighted by Crippen LogP contribution is 2.15. The van der Waals surface area contributed by atoms with E-state index in [-0.39, 0.29) is 0 Å². The molecule has 14 heavy (non-hydrogen) atoms. The summed E-state index contributed by atoms with van der Waals surface area (Å²) in [5.41, 5.74) is 2.08. The second-order valence-corrected chi connectivity index (χ2v) is 3.87. The first-order valence-electron chi connectivity index (χ1n) is 4.37. The van der Waals surface area contributed by atoms with Crippen LogP contribution in [0, 0.1) is 0 Å². The van der Waals surface area contributed by atoms with Crippen molar-refractivity contribution in [1.29, 1.82) is 0 Å². The molecule has 4 heteroatoms. The zero-order chi connectivity index (χ0) is 10.6. The van der Waals surface area contributed by atoms with E-state index < -0.39 is 7.12 Å². The molecule has 1 rings (SSSR count). The van der Waals surface area contributed by atoms with E-state index in [9.17, 15) is 0 Å². The van der Waals surface area contributed by atoms with Gasteiger partial charge in [-0.1, -0.05) is 12.2 Å². The summed E-state index contributed by atoms with van der Waals surface area (Å²) in [4.78, 5) is 0. The zero-order valence-corrected chi connectivity index (χ0v) is 8.76. The van der Waals surface area contributed by atoms with Crippen LogP contribution in [-0.2, 0) is 12.8 Å². The quantitative estimate of drug-likeness (QED) is 0.557. The molecule has 0 fully saturated rings. The highest BCUT2D eigenvalue weighted by atomic mass is 32.1. The Balaban J connectivity index is 3.05. The fraction of sp³-hybridized carbons (Fsp3) is 0.200. The Morgan fingerprint density at radius 3 is 2.43 bits per heavy atom. The molecule has 1 heterocycles. The maximum absolute atomic E-state index is 9.12. The van der Waals surface area contributed by atoms with E-state index in [2.05, 4.69) is 13.2 Å². The maximum Gasteiger partial charge on any atom is 0.499 e. The van der Waals surface area contributed by atoms with Crippen LogP contribution >= 0.6 is 11.3 Å². The van der Waals surface area contributed by atoms with Gasteiger partial charge in [0.2, 0.25) is 0 Å². The molecule has 1 aromatic rings. The van der Waals surface area contributed by atoms with Crippen molar-refractivity contribution in [3.8, 4) is 0 Å². The van der Waals surface area contributed by atoms with Crippen molar-refractivity contribution < 1.29 is 10.0 Å². The molecule has 2 N–H and O–H groups in total. The van der Waals surface area contributed by atoms with Gasteiger partial charge in [-0.15, -0.1) is 13.2 Å². The number of hydrogen-bond acceptors (Lipinski definition) is 3. The van der Waals surface area contributed by atoms with Crippen molar-refractivity contribution in [3.05, 3.63) is 41.8 Å². The van der Waals surface area contributed by atoms with Gasteiger partial charge in [-0.05, 0) is 29.3 Å². The fourth-order valence-corrected chi connectivity index (χ4v) is 2.34. The molecule has 0 radical (unpaired) electrons. The van der Waals surface area contributed by atoms with E-state index in [0.29, 0.717) is 11.2 Å². The number of thiophene rings is 1. The summed E-state index contributed by atoms with van der Waals surface area (Å²) in [7, 11) is -1.38. The van der Waals surface area contributed by atoms with Gasteiger partial charge in [-0.3, -0.25) is 0 Å². The lowest BCUT2D eigenvalue weighted by Gasteiger charge is -2.02. The normalized spacial score (nSPS) is 9.86. The number of allylic oxidation sites excluding steroid dienone is 2. The van der Waals surface area contributed by atoms with E-state index in [1.165, 1.54) is 11.3 Å².